The van der Waals surface area contributed by atoms with Crippen LogP contribution in [0.3, 0.4) is 0 Å². The van der Waals surface area contributed by atoms with Crippen molar-refractivity contribution in [3.8, 4) is 0 Å². The quantitative estimate of drug-likeness (QED) is 0.846. The van der Waals surface area contributed by atoms with E-state index in [4.69, 9.17) is 23.2 Å². The van der Waals surface area contributed by atoms with Gasteiger partial charge in [-0.25, -0.2) is 0 Å². The van der Waals surface area contributed by atoms with Crippen molar-refractivity contribution in [2.45, 2.75) is 19.4 Å². The van der Waals surface area contributed by atoms with E-state index in [0.717, 1.165) is 17.7 Å². The molecule has 0 amide bonds. The van der Waals surface area contributed by atoms with Crippen LogP contribution in [0.4, 0.5) is 0 Å². The highest BCUT2D eigenvalue weighted by molar-refractivity contribution is 7.98. The molecule has 96 valence electrons. The van der Waals surface area contributed by atoms with Gasteiger partial charge in [-0.05, 0) is 43.0 Å². The molecule has 0 aliphatic rings. The van der Waals surface area contributed by atoms with Crippen LogP contribution in [-0.4, -0.2) is 25.1 Å². The Labute approximate surface area is 118 Å². The molecule has 0 aliphatic carbocycles. The standard InChI is InChI=1S/C13H19Cl2NS/c1-9(8-17-3)12(16-2)7-10-5-4-6-11(14)13(10)15/h4-6,9,12,16H,7-8H2,1-3H3. The Hall–Kier alpha value is 0.110. The first-order chi connectivity index (χ1) is 8.10. The average Bonchev–Trinajstić information content (AvgIpc) is 2.31. The molecule has 0 bridgehead atoms. The number of benzene rings is 1. The lowest BCUT2D eigenvalue weighted by Crippen LogP contribution is -2.35. The second-order valence-corrected chi connectivity index (χ2v) is 5.94. The first kappa shape index (κ1) is 15.2. The van der Waals surface area contributed by atoms with E-state index in [1.807, 2.05) is 37.0 Å². The van der Waals surface area contributed by atoms with Crippen LogP contribution in [0.1, 0.15) is 12.5 Å². The predicted molar refractivity (Wildman–Crippen MR) is 80.6 cm³/mol. The van der Waals surface area contributed by atoms with Crippen LogP contribution >= 0.6 is 35.0 Å². The van der Waals surface area contributed by atoms with Crippen molar-refractivity contribution < 1.29 is 0 Å². The van der Waals surface area contributed by atoms with Crippen LogP contribution in [-0.2, 0) is 6.42 Å². The number of hydrogen-bond acceptors (Lipinski definition) is 2. The molecular formula is C13H19Cl2NS. The van der Waals surface area contributed by atoms with Crippen LogP contribution in [0, 0.1) is 5.92 Å². The molecular weight excluding hydrogens is 273 g/mol. The summed E-state index contributed by atoms with van der Waals surface area (Å²) in [7, 11) is 2.00. The van der Waals surface area contributed by atoms with E-state index in [1.165, 1.54) is 0 Å². The molecule has 0 saturated heterocycles. The summed E-state index contributed by atoms with van der Waals surface area (Å²) in [4.78, 5) is 0. The Kier molecular flexibility index (Phi) is 6.71. The van der Waals surface area contributed by atoms with Crippen LogP contribution < -0.4 is 5.32 Å². The summed E-state index contributed by atoms with van der Waals surface area (Å²) in [5.74, 6) is 1.74. The van der Waals surface area contributed by atoms with Crippen LogP contribution in [0.15, 0.2) is 18.2 Å². The summed E-state index contributed by atoms with van der Waals surface area (Å²) >= 11 is 14.1. The first-order valence-corrected chi connectivity index (χ1v) is 7.84. The van der Waals surface area contributed by atoms with Gasteiger partial charge in [0.2, 0.25) is 0 Å². The lowest BCUT2D eigenvalue weighted by atomic mass is 9.96. The highest BCUT2D eigenvalue weighted by atomic mass is 35.5. The third-order valence-electron chi connectivity index (χ3n) is 2.96. The van der Waals surface area contributed by atoms with Gasteiger partial charge < -0.3 is 5.32 Å². The minimum absolute atomic E-state index is 0.429. The molecule has 0 radical (unpaired) electrons. The fraction of sp³-hybridized carbons (Fsp3) is 0.538. The Bertz CT molecular complexity index is 357. The average molecular weight is 292 g/mol. The Balaban J connectivity index is 2.77. The largest absolute Gasteiger partial charge is 0.316 e. The molecule has 0 fully saturated rings. The van der Waals surface area contributed by atoms with E-state index in [9.17, 15) is 0 Å². The van der Waals surface area contributed by atoms with E-state index >= 15 is 0 Å². The second-order valence-electron chi connectivity index (χ2n) is 4.24. The number of halogens is 2. The zero-order valence-corrected chi connectivity index (χ0v) is 12.8. The van der Waals surface area contributed by atoms with Crippen LogP contribution in [0.5, 0.6) is 0 Å². The van der Waals surface area contributed by atoms with Gasteiger partial charge in [-0.2, -0.15) is 11.8 Å². The molecule has 0 aliphatic heterocycles. The SMILES string of the molecule is CNC(Cc1cccc(Cl)c1Cl)C(C)CSC. The Morgan fingerprint density at radius 2 is 2.06 bits per heavy atom. The maximum atomic E-state index is 6.21. The zero-order chi connectivity index (χ0) is 12.8. The van der Waals surface area contributed by atoms with E-state index in [0.29, 0.717) is 22.0 Å². The van der Waals surface area contributed by atoms with Crippen molar-refractivity contribution in [2.24, 2.45) is 5.92 Å². The summed E-state index contributed by atoms with van der Waals surface area (Å²) in [6.45, 7) is 2.26. The summed E-state index contributed by atoms with van der Waals surface area (Å²) < 4.78 is 0. The van der Waals surface area contributed by atoms with Crippen molar-refractivity contribution in [2.75, 3.05) is 19.1 Å². The third kappa shape index (κ3) is 4.36. The van der Waals surface area contributed by atoms with Gasteiger partial charge in [-0.15, -0.1) is 0 Å². The van der Waals surface area contributed by atoms with Crippen LogP contribution in [0.2, 0.25) is 10.0 Å². The lowest BCUT2D eigenvalue weighted by Gasteiger charge is -2.23. The minimum atomic E-state index is 0.429. The van der Waals surface area contributed by atoms with Gasteiger partial charge in [0.25, 0.3) is 0 Å². The smallest absolute Gasteiger partial charge is 0.0624 e. The fourth-order valence-electron chi connectivity index (χ4n) is 1.91. The molecule has 0 spiro atoms. The van der Waals surface area contributed by atoms with Crippen molar-refractivity contribution in [1.82, 2.24) is 5.32 Å². The summed E-state index contributed by atoms with van der Waals surface area (Å²) in [5, 5.41) is 4.69. The Morgan fingerprint density at radius 3 is 2.65 bits per heavy atom. The summed E-state index contributed by atoms with van der Waals surface area (Å²) in [5.41, 5.74) is 1.12. The number of hydrogen-bond donors (Lipinski definition) is 1. The van der Waals surface area contributed by atoms with Gasteiger partial charge in [-0.1, -0.05) is 42.3 Å². The summed E-state index contributed by atoms with van der Waals surface area (Å²) in [6, 6.07) is 6.26. The second kappa shape index (κ2) is 7.52. The van der Waals surface area contributed by atoms with Gasteiger partial charge in [0, 0.05) is 6.04 Å². The highest BCUT2D eigenvalue weighted by Crippen LogP contribution is 2.27. The van der Waals surface area contributed by atoms with Crippen molar-refractivity contribution in [3.05, 3.63) is 33.8 Å². The topological polar surface area (TPSA) is 12.0 Å². The molecule has 0 saturated carbocycles. The fourth-order valence-corrected chi connectivity index (χ4v) is 3.07. The predicted octanol–water partition coefficient (Wildman–Crippen LogP) is 4.12. The molecule has 17 heavy (non-hydrogen) atoms. The Morgan fingerprint density at radius 1 is 1.35 bits per heavy atom. The first-order valence-electron chi connectivity index (χ1n) is 5.69. The number of thioether (sulfide) groups is 1. The summed E-state index contributed by atoms with van der Waals surface area (Å²) in [6.07, 6.45) is 3.05. The van der Waals surface area contributed by atoms with Gasteiger partial charge in [0.1, 0.15) is 0 Å². The highest BCUT2D eigenvalue weighted by Gasteiger charge is 2.17. The molecule has 1 N–H and O–H groups in total. The molecule has 0 heterocycles. The molecule has 1 rings (SSSR count). The maximum absolute atomic E-state index is 6.21. The molecule has 1 nitrogen and oxygen atoms in total. The van der Waals surface area contributed by atoms with Gasteiger partial charge in [0.15, 0.2) is 0 Å². The molecule has 0 aromatic heterocycles. The number of rotatable bonds is 6. The van der Waals surface area contributed by atoms with Crippen LogP contribution in [0.25, 0.3) is 0 Å². The molecule has 2 unspecified atom stereocenters. The molecule has 1 aromatic rings. The van der Waals surface area contributed by atoms with Crippen molar-refractivity contribution >= 4 is 35.0 Å². The maximum Gasteiger partial charge on any atom is 0.0624 e. The molecule has 2 atom stereocenters. The van der Waals surface area contributed by atoms with E-state index in [1.54, 1.807) is 0 Å². The van der Waals surface area contributed by atoms with Gasteiger partial charge in [0.05, 0.1) is 10.0 Å². The molecule has 4 heteroatoms. The van der Waals surface area contributed by atoms with Crippen molar-refractivity contribution in [1.29, 1.82) is 0 Å². The zero-order valence-electron chi connectivity index (χ0n) is 10.5. The van der Waals surface area contributed by atoms with Gasteiger partial charge in [-0.3, -0.25) is 0 Å². The molecule has 1 aromatic carbocycles. The monoisotopic (exact) mass is 291 g/mol. The third-order valence-corrected chi connectivity index (χ3v) is 4.68. The van der Waals surface area contributed by atoms with Gasteiger partial charge >= 0.3 is 0 Å². The normalized spacial score (nSPS) is 14.6. The van der Waals surface area contributed by atoms with E-state index in [-0.39, 0.29) is 0 Å². The van der Waals surface area contributed by atoms with E-state index < -0.39 is 0 Å². The lowest BCUT2D eigenvalue weighted by molar-refractivity contribution is 0.430. The minimum Gasteiger partial charge on any atom is -0.316 e. The number of likely N-dealkylation sites (N-methyl/N-ethyl adjacent to an activating group) is 1. The number of nitrogens with one attached hydrogen (secondary N) is 1. The van der Waals surface area contributed by atoms with Crippen molar-refractivity contribution in [3.63, 3.8) is 0 Å². The van der Waals surface area contributed by atoms with E-state index in [2.05, 4.69) is 18.5 Å².